The molecule has 1 heterocycles. The van der Waals surface area contributed by atoms with E-state index in [2.05, 4.69) is 9.68 Å². The Morgan fingerprint density at radius 3 is 2.67 bits per heavy atom. The van der Waals surface area contributed by atoms with Gasteiger partial charge < -0.3 is 4.52 Å². The second kappa shape index (κ2) is 1.78. The van der Waals surface area contributed by atoms with E-state index in [-0.39, 0.29) is 5.69 Å². The van der Waals surface area contributed by atoms with Crippen LogP contribution in [-0.4, -0.2) is 5.16 Å². The Morgan fingerprint density at radius 2 is 2.44 bits per heavy atom. The molecule has 9 heavy (non-hydrogen) atoms. The molecule has 0 saturated heterocycles. The average Bonchev–Trinajstić information content (AvgIpc) is 2.15. The Labute approximate surface area is 50.7 Å². The summed E-state index contributed by atoms with van der Waals surface area (Å²) in [5.74, 6) is 0. The predicted octanol–water partition coefficient (Wildman–Crippen LogP) is 0.148. The van der Waals surface area contributed by atoms with Gasteiger partial charge in [0.1, 0.15) is 6.07 Å². The molecule has 0 bridgehead atoms. The fourth-order valence-corrected chi connectivity index (χ4v) is 0.459. The standard InChI is InChI=1S/C5H4N2O2/c1-3-4(2-6)7-9-5(3)8/h7H,1H3. The van der Waals surface area contributed by atoms with Gasteiger partial charge in [0.25, 0.3) is 0 Å². The molecule has 1 aromatic rings. The third-order valence-electron chi connectivity index (χ3n) is 1.04. The first-order valence-corrected chi connectivity index (χ1v) is 2.34. The lowest BCUT2D eigenvalue weighted by atomic mass is 10.3. The van der Waals surface area contributed by atoms with Crippen LogP contribution < -0.4 is 5.63 Å². The molecule has 0 saturated carbocycles. The number of hydrogen-bond donors (Lipinski definition) is 1. The zero-order chi connectivity index (χ0) is 6.85. The zero-order valence-corrected chi connectivity index (χ0v) is 4.76. The topological polar surface area (TPSA) is 69.8 Å². The third-order valence-corrected chi connectivity index (χ3v) is 1.04. The summed E-state index contributed by atoms with van der Waals surface area (Å²) >= 11 is 0. The highest BCUT2D eigenvalue weighted by Crippen LogP contribution is 1.93. The van der Waals surface area contributed by atoms with Gasteiger partial charge in [-0.05, 0) is 6.92 Å². The number of aromatic amines is 1. The molecule has 0 aliphatic rings. The molecule has 0 spiro atoms. The third kappa shape index (κ3) is 0.722. The summed E-state index contributed by atoms with van der Waals surface area (Å²) in [5, 5.41) is 10.4. The first-order valence-electron chi connectivity index (χ1n) is 2.34. The van der Waals surface area contributed by atoms with Crippen LogP contribution in [0.1, 0.15) is 11.3 Å². The van der Waals surface area contributed by atoms with Crippen molar-refractivity contribution in [3.63, 3.8) is 0 Å². The lowest BCUT2D eigenvalue weighted by molar-refractivity contribution is 0.389. The van der Waals surface area contributed by atoms with Crippen molar-refractivity contribution in [1.29, 1.82) is 5.26 Å². The van der Waals surface area contributed by atoms with E-state index in [1.807, 2.05) is 0 Å². The summed E-state index contributed by atoms with van der Waals surface area (Å²) in [6.07, 6.45) is 0. The van der Waals surface area contributed by atoms with Gasteiger partial charge in [0.2, 0.25) is 0 Å². The minimum atomic E-state index is -0.480. The van der Waals surface area contributed by atoms with Gasteiger partial charge in [-0.25, -0.2) is 9.95 Å². The normalized spacial score (nSPS) is 8.89. The van der Waals surface area contributed by atoms with E-state index in [9.17, 15) is 4.79 Å². The van der Waals surface area contributed by atoms with Gasteiger partial charge in [-0.2, -0.15) is 5.26 Å². The zero-order valence-electron chi connectivity index (χ0n) is 4.76. The van der Waals surface area contributed by atoms with Crippen LogP contribution in [0.25, 0.3) is 0 Å². The number of nitrogens with one attached hydrogen (secondary N) is 1. The van der Waals surface area contributed by atoms with Crippen molar-refractivity contribution in [1.82, 2.24) is 5.16 Å². The number of nitrogens with zero attached hydrogens (tertiary/aromatic N) is 1. The molecule has 0 aliphatic heterocycles. The van der Waals surface area contributed by atoms with Crippen LogP contribution in [0.2, 0.25) is 0 Å². The summed E-state index contributed by atoms with van der Waals surface area (Å²) in [6, 6.07) is 1.77. The number of aromatic nitrogens is 1. The summed E-state index contributed by atoms with van der Waals surface area (Å²) in [5.41, 5.74) is 0.0454. The number of nitriles is 1. The summed E-state index contributed by atoms with van der Waals surface area (Å²) in [6.45, 7) is 1.53. The monoisotopic (exact) mass is 124 g/mol. The maximum atomic E-state index is 10.4. The van der Waals surface area contributed by atoms with Crippen molar-refractivity contribution in [3.05, 3.63) is 21.7 Å². The number of rotatable bonds is 0. The SMILES string of the molecule is Cc1c(C#N)[nH]oc1=O. The first kappa shape index (κ1) is 5.63. The van der Waals surface area contributed by atoms with Crippen molar-refractivity contribution in [2.45, 2.75) is 6.92 Å². The van der Waals surface area contributed by atoms with Crippen molar-refractivity contribution in [3.8, 4) is 6.07 Å². The van der Waals surface area contributed by atoms with Gasteiger partial charge in [-0.1, -0.05) is 0 Å². The number of hydrogen-bond acceptors (Lipinski definition) is 3. The Bertz CT molecular complexity index is 301. The first-order chi connectivity index (χ1) is 4.25. The van der Waals surface area contributed by atoms with Crippen molar-refractivity contribution >= 4 is 0 Å². The highest BCUT2D eigenvalue weighted by Gasteiger charge is 2.03. The molecule has 0 radical (unpaired) electrons. The summed E-state index contributed by atoms with van der Waals surface area (Å²) < 4.78 is 4.28. The Balaban J connectivity index is 3.41. The van der Waals surface area contributed by atoms with Gasteiger partial charge in [0.15, 0.2) is 5.69 Å². The van der Waals surface area contributed by atoms with E-state index in [0.29, 0.717) is 5.56 Å². The van der Waals surface area contributed by atoms with Crippen LogP contribution in [0.5, 0.6) is 0 Å². The van der Waals surface area contributed by atoms with Gasteiger partial charge in [0, 0.05) is 0 Å². The Hall–Kier alpha value is -1.50. The van der Waals surface area contributed by atoms with Crippen LogP contribution in [0.15, 0.2) is 9.32 Å². The fraction of sp³-hybridized carbons (Fsp3) is 0.200. The van der Waals surface area contributed by atoms with Crippen molar-refractivity contribution < 1.29 is 4.52 Å². The minimum absolute atomic E-state index is 0.194. The van der Waals surface area contributed by atoms with Gasteiger partial charge >= 0.3 is 5.63 Å². The van der Waals surface area contributed by atoms with Gasteiger partial charge in [-0.15, -0.1) is 0 Å². The molecule has 4 nitrogen and oxygen atoms in total. The lowest BCUT2D eigenvalue weighted by Crippen LogP contribution is -1.95. The van der Waals surface area contributed by atoms with Crippen LogP contribution in [0, 0.1) is 18.3 Å². The lowest BCUT2D eigenvalue weighted by Gasteiger charge is -1.72. The molecule has 4 heteroatoms. The van der Waals surface area contributed by atoms with Crippen LogP contribution in [-0.2, 0) is 0 Å². The summed E-state index contributed by atoms with van der Waals surface area (Å²) in [4.78, 5) is 10.4. The smallest absolute Gasteiger partial charge is 0.338 e. The van der Waals surface area contributed by atoms with E-state index in [1.54, 1.807) is 6.07 Å². The van der Waals surface area contributed by atoms with E-state index >= 15 is 0 Å². The molecule has 1 aromatic heterocycles. The van der Waals surface area contributed by atoms with Gasteiger partial charge in [-0.3, -0.25) is 0 Å². The molecule has 1 rings (SSSR count). The second-order valence-corrected chi connectivity index (χ2v) is 1.60. The maximum absolute atomic E-state index is 10.4. The molecule has 0 amide bonds. The van der Waals surface area contributed by atoms with Crippen LogP contribution in [0.3, 0.4) is 0 Å². The minimum Gasteiger partial charge on any atom is -0.338 e. The fourth-order valence-electron chi connectivity index (χ4n) is 0.459. The van der Waals surface area contributed by atoms with E-state index < -0.39 is 5.63 Å². The van der Waals surface area contributed by atoms with Crippen LogP contribution >= 0.6 is 0 Å². The number of H-pyrrole nitrogens is 1. The largest absolute Gasteiger partial charge is 0.361 e. The van der Waals surface area contributed by atoms with Gasteiger partial charge in [0.05, 0.1) is 5.56 Å². The van der Waals surface area contributed by atoms with Crippen molar-refractivity contribution in [2.24, 2.45) is 0 Å². The quantitative estimate of drug-likeness (QED) is 0.535. The molecule has 0 fully saturated rings. The maximum Gasteiger partial charge on any atom is 0.361 e. The second-order valence-electron chi connectivity index (χ2n) is 1.60. The Morgan fingerprint density at radius 1 is 1.78 bits per heavy atom. The molecular formula is C5H4N2O2. The molecule has 0 aliphatic carbocycles. The molecule has 0 atom stereocenters. The molecule has 0 unspecified atom stereocenters. The molecular weight excluding hydrogens is 120 g/mol. The Kier molecular flexibility index (Phi) is 1.12. The highest BCUT2D eigenvalue weighted by molar-refractivity contribution is 5.25. The van der Waals surface area contributed by atoms with E-state index in [4.69, 9.17) is 5.26 Å². The summed E-state index contributed by atoms with van der Waals surface area (Å²) in [7, 11) is 0. The van der Waals surface area contributed by atoms with E-state index in [1.165, 1.54) is 6.92 Å². The molecule has 0 aromatic carbocycles. The molecule has 46 valence electrons. The molecule has 1 N–H and O–H groups in total. The average molecular weight is 124 g/mol. The van der Waals surface area contributed by atoms with E-state index in [0.717, 1.165) is 0 Å². The predicted molar refractivity (Wildman–Crippen MR) is 28.8 cm³/mol. The highest BCUT2D eigenvalue weighted by atomic mass is 16.5. The van der Waals surface area contributed by atoms with Crippen molar-refractivity contribution in [2.75, 3.05) is 0 Å². The van der Waals surface area contributed by atoms with Crippen LogP contribution in [0.4, 0.5) is 0 Å².